The Labute approximate surface area is 121 Å². The molecule has 3 rings (SSSR count). The predicted octanol–water partition coefficient (Wildman–Crippen LogP) is 4.15. The monoisotopic (exact) mass is 298 g/mol. The molecular weight excluding hydrogens is 281 g/mol. The molecule has 1 aromatic rings. The van der Waals surface area contributed by atoms with Crippen molar-refractivity contribution >= 4 is 5.78 Å². The molecule has 2 atom stereocenters. The predicted molar refractivity (Wildman–Crippen MR) is 71.1 cm³/mol. The molecule has 5 heteroatoms. The van der Waals surface area contributed by atoms with E-state index in [0.29, 0.717) is 24.0 Å². The Morgan fingerprint density at radius 1 is 1.19 bits per heavy atom. The van der Waals surface area contributed by atoms with Crippen molar-refractivity contribution in [2.45, 2.75) is 51.0 Å². The Morgan fingerprint density at radius 3 is 2.33 bits per heavy atom. The number of ether oxygens (including phenoxy) is 1. The van der Waals surface area contributed by atoms with Gasteiger partial charge in [-0.15, -0.1) is 0 Å². The normalized spacial score (nSPS) is 28.7. The van der Waals surface area contributed by atoms with Gasteiger partial charge in [-0.05, 0) is 50.3 Å². The molecule has 2 nitrogen and oxygen atoms in total. The molecule has 0 spiro atoms. The molecule has 1 aromatic carbocycles. The van der Waals surface area contributed by atoms with Crippen LogP contribution in [0, 0.1) is 12.8 Å². The zero-order valence-corrected chi connectivity index (χ0v) is 11.7. The second-order valence-electron chi connectivity index (χ2n) is 6.02. The maximum atomic E-state index is 12.7. The van der Waals surface area contributed by atoms with Crippen LogP contribution in [0.3, 0.4) is 0 Å². The minimum absolute atomic E-state index is 0.0403. The number of aryl methyl sites for hydroxylation is 1. The highest BCUT2D eigenvalue weighted by atomic mass is 19.4. The van der Waals surface area contributed by atoms with E-state index in [9.17, 15) is 18.0 Å². The Kier molecular flexibility index (Phi) is 3.56. The first kappa shape index (κ1) is 14.6. The number of hydrogen-bond acceptors (Lipinski definition) is 2. The molecule has 2 saturated heterocycles. The van der Waals surface area contributed by atoms with Crippen LogP contribution in [0.4, 0.5) is 13.2 Å². The number of benzene rings is 1. The van der Waals surface area contributed by atoms with E-state index in [1.807, 2.05) is 0 Å². The summed E-state index contributed by atoms with van der Waals surface area (Å²) in [4.78, 5) is 12.6. The number of ketones is 1. The summed E-state index contributed by atoms with van der Waals surface area (Å²) in [5.41, 5.74) is 0.103. The van der Waals surface area contributed by atoms with Crippen LogP contribution in [0.15, 0.2) is 18.2 Å². The van der Waals surface area contributed by atoms with E-state index in [2.05, 4.69) is 0 Å². The minimum atomic E-state index is -4.37. The van der Waals surface area contributed by atoms with Gasteiger partial charge in [0.15, 0.2) is 5.78 Å². The first-order valence-electron chi connectivity index (χ1n) is 7.22. The van der Waals surface area contributed by atoms with E-state index in [-0.39, 0.29) is 23.9 Å². The maximum absolute atomic E-state index is 12.7. The largest absolute Gasteiger partial charge is 0.416 e. The summed E-state index contributed by atoms with van der Waals surface area (Å²) in [5, 5.41) is 0. The quantitative estimate of drug-likeness (QED) is 0.767. The van der Waals surface area contributed by atoms with Crippen molar-refractivity contribution in [2.24, 2.45) is 5.92 Å². The molecular formula is C16H17F3O2. The molecule has 21 heavy (non-hydrogen) atoms. The molecule has 0 aliphatic carbocycles. The lowest BCUT2D eigenvalue weighted by molar-refractivity contribution is -0.137. The topological polar surface area (TPSA) is 26.3 Å². The third kappa shape index (κ3) is 2.84. The van der Waals surface area contributed by atoms with Gasteiger partial charge in [-0.1, -0.05) is 6.07 Å². The van der Waals surface area contributed by atoms with E-state index >= 15 is 0 Å². The van der Waals surface area contributed by atoms with Crippen molar-refractivity contribution in [1.29, 1.82) is 0 Å². The average Bonchev–Trinajstić information content (AvgIpc) is 2.75. The Hall–Kier alpha value is -1.36. The molecule has 0 amide bonds. The Balaban J connectivity index is 1.82. The lowest BCUT2D eigenvalue weighted by Crippen LogP contribution is -2.30. The van der Waals surface area contributed by atoms with Gasteiger partial charge in [-0.2, -0.15) is 13.2 Å². The Morgan fingerprint density at radius 2 is 1.81 bits per heavy atom. The van der Waals surface area contributed by atoms with Gasteiger partial charge in [0, 0.05) is 11.5 Å². The smallest absolute Gasteiger partial charge is 0.375 e. The second kappa shape index (κ2) is 5.13. The van der Waals surface area contributed by atoms with Gasteiger partial charge in [-0.25, -0.2) is 0 Å². The van der Waals surface area contributed by atoms with Crippen molar-refractivity contribution in [3.8, 4) is 0 Å². The highest BCUT2D eigenvalue weighted by molar-refractivity contribution is 5.99. The SMILES string of the molecule is Cc1cc(C(F)(F)F)ccc1C(=O)C1CC2CCC(C1)O2. The van der Waals surface area contributed by atoms with Crippen LogP contribution >= 0.6 is 0 Å². The summed E-state index contributed by atoms with van der Waals surface area (Å²) in [6.45, 7) is 1.57. The second-order valence-corrected chi connectivity index (χ2v) is 6.02. The molecule has 0 saturated carbocycles. The van der Waals surface area contributed by atoms with Crippen molar-refractivity contribution in [1.82, 2.24) is 0 Å². The first-order chi connectivity index (χ1) is 9.84. The van der Waals surface area contributed by atoms with E-state index in [0.717, 1.165) is 25.0 Å². The molecule has 0 aromatic heterocycles. The lowest BCUT2D eigenvalue weighted by Gasteiger charge is -2.27. The van der Waals surface area contributed by atoms with Crippen LogP contribution in [0.5, 0.6) is 0 Å². The van der Waals surface area contributed by atoms with Crippen LogP contribution in [0.25, 0.3) is 0 Å². The number of rotatable bonds is 2. The number of fused-ring (bicyclic) bond motifs is 2. The van der Waals surface area contributed by atoms with E-state index in [4.69, 9.17) is 4.74 Å². The molecule has 2 bridgehead atoms. The fraction of sp³-hybridized carbons (Fsp3) is 0.562. The van der Waals surface area contributed by atoms with Gasteiger partial charge in [0.25, 0.3) is 0 Å². The van der Waals surface area contributed by atoms with Crippen LogP contribution in [0.1, 0.15) is 47.2 Å². The first-order valence-corrected chi connectivity index (χ1v) is 7.22. The van der Waals surface area contributed by atoms with Crippen LogP contribution in [0.2, 0.25) is 0 Å². The number of carbonyl (C=O) groups excluding carboxylic acids is 1. The molecule has 114 valence electrons. The Bertz CT molecular complexity index is 553. The fourth-order valence-electron chi connectivity index (χ4n) is 3.41. The lowest BCUT2D eigenvalue weighted by atomic mass is 9.86. The van der Waals surface area contributed by atoms with Crippen LogP contribution < -0.4 is 0 Å². The van der Waals surface area contributed by atoms with Crippen molar-refractivity contribution < 1.29 is 22.7 Å². The average molecular weight is 298 g/mol. The van der Waals surface area contributed by atoms with Crippen LogP contribution in [-0.2, 0) is 10.9 Å². The molecule has 2 fully saturated rings. The molecule has 0 N–H and O–H groups in total. The minimum Gasteiger partial charge on any atom is -0.375 e. The van der Waals surface area contributed by atoms with Gasteiger partial charge in [-0.3, -0.25) is 4.79 Å². The fourth-order valence-corrected chi connectivity index (χ4v) is 3.41. The summed E-state index contributed by atoms with van der Waals surface area (Å²) >= 11 is 0. The van der Waals surface area contributed by atoms with Crippen LogP contribution in [-0.4, -0.2) is 18.0 Å². The summed E-state index contributed by atoms with van der Waals surface area (Å²) < 4.78 is 43.7. The highest BCUT2D eigenvalue weighted by Crippen LogP contribution is 2.38. The zero-order chi connectivity index (χ0) is 15.2. The maximum Gasteiger partial charge on any atom is 0.416 e. The van der Waals surface area contributed by atoms with E-state index < -0.39 is 11.7 Å². The van der Waals surface area contributed by atoms with E-state index in [1.165, 1.54) is 6.07 Å². The van der Waals surface area contributed by atoms with Crippen molar-refractivity contribution in [3.05, 3.63) is 34.9 Å². The number of alkyl halides is 3. The van der Waals surface area contributed by atoms with E-state index in [1.54, 1.807) is 6.92 Å². The molecule has 0 radical (unpaired) electrons. The molecule has 2 unspecified atom stereocenters. The molecule has 2 aliphatic heterocycles. The summed E-state index contributed by atoms with van der Waals surface area (Å²) in [5.74, 6) is -0.159. The number of hydrogen-bond donors (Lipinski definition) is 0. The summed E-state index contributed by atoms with van der Waals surface area (Å²) in [7, 11) is 0. The van der Waals surface area contributed by atoms with Gasteiger partial charge in [0.05, 0.1) is 17.8 Å². The third-order valence-electron chi connectivity index (χ3n) is 4.48. The number of Topliss-reactive ketones (excluding diaryl/α,β-unsaturated/α-hetero) is 1. The van der Waals surface area contributed by atoms with Gasteiger partial charge >= 0.3 is 6.18 Å². The van der Waals surface area contributed by atoms with Gasteiger partial charge in [0.2, 0.25) is 0 Å². The summed E-state index contributed by atoms with van der Waals surface area (Å²) in [6, 6.07) is 3.37. The van der Waals surface area contributed by atoms with Gasteiger partial charge in [0.1, 0.15) is 0 Å². The highest BCUT2D eigenvalue weighted by Gasteiger charge is 2.39. The standard InChI is InChI=1S/C16H17F3O2/c1-9-6-11(16(17,18)19)2-5-14(9)15(20)10-7-12-3-4-13(8-10)21-12/h2,5-6,10,12-13H,3-4,7-8H2,1H3. The zero-order valence-electron chi connectivity index (χ0n) is 11.7. The molecule has 2 aliphatic rings. The van der Waals surface area contributed by atoms with Crippen molar-refractivity contribution in [2.75, 3.05) is 0 Å². The van der Waals surface area contributed by atoms with Gasteiger partial charge < -0.3 is 4.74 Å². The number of halogens is 3. The van der Waals surface area contributed by atoms with Crippen molar-refractivity contribution in [3.63, 3.8) is 0 Å². The molecule has 2 heterocycles. The summed E-state index contributed by atoms with van der Waals surface area (Å²) in [6.07, 6.45) is -0.726. The number of carbonyl (C=O) groups is 1. The third-order valence-corrected chi connectivity index (χ3v) is 4.48.